The number of pyridine rings is 1. The van der Waals surface area contributed by atoms with Gasteiger partial charge in [-0.15, -0.1) is 0 Å². The molecule has 0 saturated carbocycles. The fraction of sp³-hybridized carbons (Fsp3) is 0.278. The SMILES string of the molecule is O=C(c1cc2ccccc2[nH]c1=O)N1CCC[C@H]1Cn1cccn1. The van der Waals surface area contributed by atoms with Gasteiger partial charge < -0.3 is 9.88 Å². The van der Waals surface area contributed by atoms with Gasteiger partial charge in [0, 0.05) is 24.5 Å². The first-order valence-corrected chi connectivity index (χ1v) is 8.13. The summed E-state index contributed by atoms with van der Waals surface area (Å²) in [4.78, 5) is 29.9. The van der Waals surface area contributed by atoms with E-state index in [1.54, 1.807) is 17.2 Å². The number of nitrogens with one attached hydrogen (secondary N) is 1. The number of H-pyrrole nitrogens is 1. The molecule has 1 saturated heterocycles. The molecule has 1 fully saturated rings. The van der Waals surface area contributed by atoms with Crippen molar-refractivity contribution in [2.75, 3.05) is 6.54 Å². The molecule has 3 aromatic rings. The van der Waals surface area contributed by atoms with Crippen molar-refractivity contribution in [2.24, 2.45) is 0 Å². The number of aromatic amines is 1. The van der Waals surface area contributed by atoms with Crippen molar-refractivity contribution < 1.29 is 4.79 Å². The lowest BCUT2D eigenvalue weighted by Crippen LogP contribution is -2.40. The third kappa shape index (κ3) is 2.60. The molecule has 6 heteroatoms. The molecule has 0 unspecified atom stereocenters. The first-order chi connectivity index (χ1) is 11.7. The van der Waals surface area contributed by atoms with Crippen LogP contribution >= 0.6 is 0 Å². The van der Waals surface area contributed by atoms with Gasteiger partial charge >= 0.3 is 0 Å². The van der Waals surface area contributed by atoms with Crippen LogP contribution in [0.3, 0.4) is 0 Å². The Kier molecular flexibility index (Phi) is 3.65. The van der Waals surface area contributed by atoms with Gasteiger partial charge in [0.1, 0.15) is 5.56 Å². The first-order valence-electron chi connectivity index (χ1n) is 8.13. The Hall–Kier alpha value is -2.89. The van der Waals surface area contributed by atoms with E-state index in [1.807, 2.05) is 41.2 Å². The van der Waals surface area contributed by atoms with Crippen molar-refractivity contribution >= 4 is 16.8 Å². The Balaban J connectivity index is 1.65. The molecule has 3 heterocycles. The van der Waals surface area contributed by atoms with E-state index < -0.39 is 0 Å². The molecule has 1 aliphatic rings. The molecule has 0 spiro atoms. The standard InChI is InChI=1S/C18H18N4O2/c23-17-15(11-13-5-1-2-7-16(13)20-17)18(24)22-10-3-6-14(22)12-21-9-4-8-19-21/h1-2,4-5,7-9,11,14H,3,6,10,12H2,(H,20,23)/t14-/m0/s1. The lowest BCUT2D eigenvalue weighted by molar-refractivity contribution is 0.0720. The largest absolute Gasteiger partial charge is 0.334 e. The van der Waals surface area contributed by atoms with Crippen LogP contribution in [0.25, 0.3) is 10.9 Å². The Morgan fingerprint density at radius 2 is 2.17 bits per heavy atom. The topological polar surface area (TPSA) is 71.0 Å². The predicted molar refractivity (Wildman–Crippen MR) is 90.9 cm³/mol. The number of benzene rings is 1. The van der Waals surface area contributed by atoms with Crippen LogP contribution < -0.4 is 5.56 Å². The minimum atomic E-state index is -0.330. The van der Waals surface area contributed by atoms with E-state index in [4.69, 9.17) is 0 Å². The van der Waals surface area contributed by atoms with Crippen LogP contribution in [-0.4, -0.2) is 38.2 Å². The van der Waals surface area contributed by atoms with Crippen molar-refractivity contribution in [3.05, 3.63) is 64.7 Å². The smallest absolute Gasteiger partial charge is 0.261 e. The molecular formula is C18H18N4O2. The number of amides is 1. The summed E-state index contributed by atoms with van der Waals surface area (Å²) in [6.07, 6.45) is 5.50. The first kappa shape index (κ1) is 14.7. The summed E-state index contributed by atoms with van der Waals surface area (Å²) in [7, 11) is 0. The maximum atomic E-state index is 12.9. The Bertz CT molecular complexity index is 930. The van der Waals surface area contributed by atoms with E-state index in [-0.39, 0.29) is 23.1 Å². The molecule has 122 valence electrons. The summed E-state index contributed by atoms with van der Waals surface area (Å²) in [5.41, 5.74) is 0.623. The highest BCUT2D eigenvalue weighted by atomic mass is 16.2. The number of para-hydroxylation sites is 1. The number of carbonyl (C=O) groups excluding carboxylic acids is 1. The molecular weight excluding hydrogens is 304 g/mol. The summed E-state index contributed by atoms with van der Waals surface area (Å²) < 4.78 is 1.83. The number of aromatic nitrogens is 3. The molecule has 24 heavy (non-hydrogen) atoms. The van der Waals surface area contributed by atoms with Crippen molar-refractivity contribution in [1.82, 2.24) is 19.7 Å². The average Bonchev–Trinajstić information content (AvgIpc) is 3.26. The molecule has 1 amide bonds. The average molecular weight is 322 g/mol. The lowest BCUT2D eigenvalue weighted by Gasteiger charge is -2.24. The van der Waals surface area contributed by atoms with Crippen LogP contribution in [0.1, 0.15) is 23.2 Å². The van der Waals surface area contributed by atoms with Gasteiger partial charge in [0.2, 0.25) is 0 Å². The molecule has 1 aromatic carbocycles. The highest BCUT2D eigenvalue weighted by Crippen LogP contribution is 2.21. The summed E-state index contributed by atoms with van der Waals surface area (Å²) in [5.74, 6) is -0.198. The summed E-state index contributed by atoms with van der Waals surface area (Å²) >= 11 is 0. The maximum Gasteiger partial charge on any atom is 0.261 e. The van der Waals surface area contributed by atoms with Crippen molar-refractivity contribution in [3.8, 4) is 0 Å². The fourth-order valence-electron chi connectivity index (χ4n) is 3.38. The lowest BCUT2D eigenvalue weighted by atomic mass is 10.1. The van der Waals surface area contributed by atoms with Gasteiger partial charge in [-0.3, -0.25) is 14.3 Å². The van der Waals surface area contributed by atoms with Crippen LogP contribution in [-0.2, 0) is 6.54 Å². The third-order valence-corrected chi connectivity index (χ3v) is 4.58. The predicted octanol–water partition coefficient (Wildman–Crippen LogP) is 2.03. The molecule has 2 aromatic heterocycles. The van der Waals surface area contributed by atoms with E-state index >= 15 is 0 Å². The molecule has 1 N–H and O–H groups in total. The second kappa shape index (κ2) is 5.96. The minimum Gasteiger partial charge on any atom is -0.334 e. The Morgan fingerprint density at radius 3 is 3.00 bits per heavy atom. The zero-order valence-corrected chi connectivity index (χ0v) is 13.2. The zero-order valence-electron chi connectivity index (χ0n) is 13.2. The van der Waals surface area contributed by atoms with E-state index in [2.05, 4.69) is 10.1 Å². The Morgan fingerprint density at radius 1 is 1.29 bits per heavy atom. The van der Waals surface area contributed by atoms with E-state index in [0.29, 0.717) is 13.1 Å². The van der Waals surface area contributed by atoms with E-state index in [1.165, 1.54) is 0 Å². The van der Waals surface area contributed by atoms with Crippen LogP contribution in [0.15, 0.2) is 53.6 Å². The maximum absolute atomic E-state index is 12.9. The van der Waals surface area contributed by atoms with Gasteiger partial charge in [-0.1, -0.05) is 18.2 Å². The van der Waals surface area contributed by atoms with Crippen LogP contribution in [0, 0.1) is 0 Å². The van der Waals surface area contributed by atoms with Crippen LogP contribution in [0.2, 0.25) is 0 Å². The van der Waals surface area contributed by atoms with Crippen molar-refractivity contribution in [2.45, 2.75) is 25.4 Å². The van der Waals surface area contributed by atoms with Crippen molar-refractivity contribution in [3.63, 3.8) is 0 Å². The zero-order chi connectivity index (χ0) is 16.5. The fourth-order valence-corrected chi connectivity index (χ4v) is 3.38. The second-order valence-corrected chi connectivity index (χ2v) is 6.12. The summed E-state index contributed by atoms with van der Waals surface area (Å²) in [5, 5.41) is 5.08. The summed E-state index contributed by atoms with van der Waals surface area (Å²) in [6.45, 7) is 1.33. The number of nitrogens with zero attached hydrogens (tertiary/aromatic N) is 3. The van der Waals surface area contributed by atoms with Crippen LogP contribution in [0.5, 0.6) is 0 Å². The van der Waals surface area contributed by atoms with Crippen LogP contribution in [0.4, 0.5) is 0 Å². The molecule has 6 nitrogen and oxygen atoms in total. The molecule has 1 aliphatic heterocycles. The molecule has 0 aliphatic carbocycles. The number of fused-ring (bicyclic) bond motifs is 1. The van der Waals surface area contributed by atoms with Gasteiger partial charge in [0.25, 0.3) is 11.5 Å². The third-order valence-electron chi connectivity index (χ3n) is 4.58. The molecule has 0 radical (unpaired) electrons. The number of carbonyl (C=O) groups is 1. The summed E-state index contributed by atoms with van der Waals surface area (Å²) in [6, 6.07) is 11.1. The quantitative estimate of drug-likeness (QED) is 0.802. The minimum absolute atomic E-state index is 0.0725. The number of likely N-dealkylation sites (tertiary alicyclic amines) is 1. The van der Waals surface area contributed by atoms with E-state index in [0.717, 1.165) is 23.7 Å². The number of rotatable bonds is 3. The molecule has 1 atom stereocenters. The highest BCUT2D eigenvalue weighted by molar-refractivity contribution is 5.97. The van der Waals surface area contributed by atoms with E-state index in [9.17, 15) is 9.59 Å². The number of hydrogen-bond acceptors (Lipinski definition) is 3. The second-order valence-electron chi connectivity index (χ2n) is 6.12. The molecule has 4 rings (SSSR count). The van der Waals surface area contributed by atoms with Gasteiger partial charge in [0.15, 0.2) is 0 Å². The number of hydrogen-bond donors (Lipinski definition) is 1. The van der Waals surface area contributed by atoms with Gasteiger partial charge in [-0.05, 0) is 36.4 Å². The van der Waals surface area contributed by atoms with Gasteiger partial charge in [-0.25, -0.2) is 0 Å². The Labute approximate surface area is 138 Å². The van der Waals surface area contributed by atoms with Gasteiger partial charge in [-0.2, -0.15) is 5.10 Å². The molecule has 0 bridgehead atoms. The normalized spacial score (nSPS) is 17.5. The monoisotopic (exact) mass is 322 g/mol. The van der Waals surface area contributed by atoms with Gasteiger partial charge in [0.05, 0.1) is 12.6 Å². The highest BCUT2D eigenvalue weighted by Gasteiger charge is 2.31. The van der Waals surface area contributed by atoms with Crippen molar-refractivity contribution in [1.29, 1.82) is 0 Å².